The van der Waals surface area contributed by atoms with Crippen LogP contribution in [0, 0.1) is 5.82 Å². The normalized spacial score (nSPS) is 14.0. The summed E-state index contributed by atoms with van der Waals surface area (Å²) >= 11 is 2.66. The Morgan fingerprint density at radius 2 is 1.92 bits per heavy atom. The first-order valence-corrected chi connectivity index (χ1v) is 10.1. The van der Waals surface area contributed by atoms with Gasteiger partial charge in [-0.2, -0.15) is 0 Å². The van der Waals surface area contributed by atoms with Crippen LogP contribution in [0.2, 0.25) is 0 Å². The second-order valence-corrected chi connectivity index (χ2v) is 8.54. The highest BCUT2D eigenvalue weighted by atomic mass is 32.1. The maximum absolute atomic E-state index is 13.9. The van der Waals surface area contributed by atoms with E-state index in [9.17, 15) is 14.0 Å². The fraction of sp³-hybridized carbons (Fsp3) is 0.263. The van der Waals surface area contributed by atoms with Crippen molar-refractivity contribution < 1.29 is 14.0 Å². The molecule has 3 N–H and O–H groups in total. The summed E-state index contributed by atoms with van der Waals surface area (Å²) < 4.78 is 14.6. The molecule has 0 bridgehead atoms. The van der Waals surface area contributed by atoms with E-state index in [1.54, 1.807) is 18.2 Å². The molecule has 3 aromatic rings. The number of fused-ring (bicyclic) bond motifs is 2. The fourth-order valence-corrected chi connectivity index (χ4v) is 5.65. The van der Waals surface area contributed by atoms with Crippen molar-refractivity contribution in [2.45, 2.75) is 32.1 Å². The molecule has 1 aromatic carbocycles. The van der Waals surface area contributed by atoms with E-state index in [1.807, 2.05) is 0 Å². The highest BCUT2D eigenvalue weighted by molar-refractivity contribution is 7.21. The van der Waals surface area contributed by atoms with Gasteiger partial charge in [-0.3, -0.25) is 9.59 Å². The molecule has 26 heavy (non-hydrogen) atoms. The molecule has 2 aromatic heterocycles. The lowest BCUT2D eigenvalue weighted by atomic mass is 10.1. The van der Waals surface area contributed by atoms with Crippen LogP contribution in [0.3, 0.4) is 0 Å². The lowest BCUT2D eigenvalue weighted by molar-refractivity contribution is 0.100. The van der Waals surface area contributed by atoms with Crippen molar-refractivity contribution >= 4 is 49.6 Å². The maximum atomic E-state index is 13.9. The van der Waals surface area contributed by atoms with Gasteiger partial charge < -0.3 is 11.1 Å². The molecule has 0 saturated heterocycles. The molecular formula is C19H17FN2O2S2. The van der Waals surface area contributed by atoms with E-state index in [0.29, 0.717) is 25.5 Å². The molecule has 134 valence electrons. The number of carbonyl (C=O) groups excluding carboxylic acids is 2. The maximum Gasteiger partial charge on any atom is 0.266 e. The number of carbonyl (C=O) groups is 2. The molecule has 1 aliphatic carbocycles. The summed E-state index contributed by atoms with van der Waals surface area (Å²) in [7, 11) is 0. The second kappa shape index (κ2) is 6.81. The van der Waals surface area contributed by atoms with Gasteiger partial charge in [0.1, 0.15) is 10.8 Å². The Balaban J connectivity index is 1.69. The number of anilines is 1. The highest BCUT2D eigenvalue weighted by Gasteiger charge is 2.25. The average molecular weight is 388 g/mol. The van der Waals surface area contributed by atoms with E-state index in [2.05, 4.69) is 5.32 Å². The number of thiophene rings is 2. The smallest absolute Gasteiger partial charge is 0.266 e. The SMILES string of the molecule is NC(=O)c1c(NC(=O)c2cc3c(F)cccc3s2)sc2c1CCCCC2. The van der Waals surface area contributed by atoms with Crippen LogP contribution in [0.25, 0.3) is 10.1 Å². The Kier molecular flexibility index (Phi) is 4.50. The Bertz CT molecular complexity index is 1020. The standard InChI is InChI=1S/C19H17FN2O2S2/c20-12-6-4-8-14-11(12)9-15(25-14)18(24)22-19-16(17(21)23)10-5-2-1-3-7-13(10)26-19/h4,6,8-9H,1-3,5,7H2,(H2,21,23)(H,22,24). The monoisotopic (exact) mass is 388 g/mol. The largest absolute Gasteiger partial charge is 0.365 e. The summed E-state index contributed by atoms with van der Waals surface area (Å²) in [5.74, 6) is -1.20. The van der Waals surface area contributed by atoms with Gasteiger partial charge in [-0.1, -0.05) is 12.5 Å². The number of benzene rings is 1. The van der Waals surface area contributed by atoms with Gasteiger partial charge in [0.15, 0.2) is 0 Å². The summed E-state index contributed by atoms with van der Waals surface area (Å²) in [4.78, 5) is 26.2. The third-order valence-electron chi connectivity index (χ3n) is 4.63. The molecule has 0 radical (unpaired) electrons. The van der Waals surface area contributed by atoms with E-state index in [4.69, 9.17) is 5.73 Å². The van der Waals surface area contributed by atoms with E-state index >= 15 is 0 Å². The Labute approximate surface area is 157 Å². The molecule has 4 rings (SSSR count). The van der Waals surface area contributed by atoms with Crippen LogP contribution in [0.15, 0.2) is 24.3 Å². The number of amides is 2. The summed E-state index contributed by atoms with van der Waals surface area (Å²) in [6.45, 7) is 0. The number of halogens is 1. The Morgan fingerprint density at radius 3 is 2.69 bits per heavy atom. The van der Waals surface area contributed by atoms with Crippen molar-refractivity contribution in [3.8, 4) is 0 Å². The highest BCUT2D eigenvalue weighted by Crippen LogP contribution is 2.38. The first-order valence-electron chi connectivity index (χ1n) is 8.48. The summed E-state index contributed by atoms with van der Waals surface area (Å²) in [5.41, 5.74) is 7.02. The lowest BCUT2D eigenvalue weighted by Gasteiger charge is -2.05. The molecule has 4 nitrogen and oxygen atoms in total. The van der Waals surface area contributed by atoms with Crippen LogP contribution in [0.1, 0.15) is 49.7 Å². The quantitative estimate of drug-likeness (QED) is 0.637. The molecule has 0 unspecified atom stereocenters. The van der Waals surface area contributed by atoms with Crippen LogP contribution >= 0.6 is 22.7 Å². The van der Waals surface area contributed by atoms with Gasteiger partial charge in [0.05, 0.1) is 10.4 Å². The van der Waals surface area contributed by atoms with Gasteiger partial charge in [-0.05, 0) is 49.4 Å². The first-order chi connectivity index (χ1) is 12.5. The summed E-state index contributed by atoms with van der Waals surface area (Å²) in [6.07, 6.45) is 4.95. The van der Waals surface area contributed by atoms with Gasteiger partial charge in [-0.15, -0.1) is 22.7 Å². The Hall–Kier alpha value is -2.25. The number of rotatable bonds is 3. The predicted octanol–water partition coefficient (Wildman–Crippen LogP) is 4.72. The van der Waals surface area contributed by atoms with Crippen LogP contribution in [-0.2, 0) is 12.8 Å². The molecule has 0 fully saturated rings. The molecule has 0 spiro atoms. The van der Waals surface area contributed by atoms with E-state index < -0.39 is 5.91 Å². The number of aryl methyl sites for hydroxylation is 1. The zero-order chi connectivity index (χ0) is 18.3. The summed E-state index contributed by atoms with van der Waals surface area (Å²) in [6, 6.07) is 6.32. The van der Waals surface area contributed by atoms with E-state index in [-0.39, 0.29) is 11.7 Å². The van der Waals surface area contributed by atoms with E-state index in [1.165, 1.54) is 28.7 Å². The van der Waals surface area contributed by atoms with Crippen LogP contribution in [0.4, 0.5) is 9.39 Å². The predicted molar refractivity (Wildman–Crippen MR) is 104 cm³/mol. The third kappa shape index (κ3) is 3.01. The van der Waals surface area contributed by atoms with Crippen molar-refractivity contribution in [2.24, 2.45) is 5.73 Å². The van der Waals surface area contributed by atoms with Crippen molar-refractivity contribution in [3.63, 3.8) is 0 Å². The second-order valence-electron chi connectivity index (χ2n) is 6.35. The molecule has 2 heterocycles. The van der Waals surface area contributed by atoms with E-state index in [0.717, 1.165) is 42.5 Å². The topological polar surface area (TPSA) is 72.2 Å². The minimum absolute atomic E-state index is 0.343. The minimum atomic E-state index is -0.512. The summed E-state index contributed by atoms with van der Waals surface area (Å²) in [5, 5.41) is 3.77. The fourth-order valence-electron chi connectivity index (χ4n) is 3.39. The number of nitrogens with one attached hydrogen (secondary N) is 1. The zero-order valence-corrected chi connectivity index (χ0v) is 15.6. The van der Waals surface area contributed by atoms with Crippen LogP contribution in [0.5, 0.6) is 0 Å². The molecule has 0 atom stereocenters. The third-order valence-corrected chi connectivity index (χ3v) is 6.93. The number of nitrogens with two attached hydrogens (primary N) is 1. The molecular weight excluding hydrogens is 371 g/mol. The molecule has 0 aliphatic heterocycles. The van der Waals surface area contributed by atoms with Gasteiger partial charge in [0.2, 0.25) is 0 Å². The average Bonchev–Trinajstić information content (AvgIpc) is 3.11. The zero-order valence-electron chi connectivity index (χ0n) is 13.9. The Morgan fingerprint density at radius 1 is 1.12 bits per heavy atom. The molecule has 1 aliphatic rings. The van der Waals surface area contributed by atoms with Crippen LogP contribution < -0.4 is 11.1 Å². The van der Waals surface area contributed by atoms with Crippen molar-refractivity contribution in [2.75, 3.05) is 5.32 Å². The molecule has 2 amide bonds. The van der Waals surface area contributed by atoms with Gasteiger partial charge in [0, 0.05) is 15.0 Å². The van der Waals surface area contributed by atoms with Crippen molar-refractivity contribution in [1.82, 2.24) is 0 Å². The molecule has 7 heteroatoms. The first kappa shape index (κ1) is 17.2. The van der Waals surface area contributed by atoms with Crippen molar-refractivity contribution in [1.29, 1.82) is 0 Å². The lowest BCUT2D eigenvalue weighted by Crippen LogP contribution is -2.17. The minimum Gasteiger partial charge on any atom is -0.365 e. The number of primary amides is 1. The van der Waals surface area contributed by atoms with Crippen molar-refractivity contribution in [3.05, 3.63) is 51.0 Å². The van der Waals surface area contributed by atoms with Gasteiger partial charge >= 0.3 is 0 Å². The van der Waals surface area contributed by atoms with Gasteiger partial charge in [0.25, 0.3) is 11.8 Å². The molecule has 0 saturated carbocycles. The number of hydrogen-bond donors (Lipinski definition) is 2. The number of hydrogen-bond acceptors (Lipinski definition) is 4. The van der Waals surface area contributed by atoms with Crippen LogP contribution in [-0.4, -0.2) is 11.8 Å². The van der Waals surface area contributed by atoms with Gasteiger partial charge in [-0.25, -0.2) is 4.39 Å².